The number of amides is 1. The van der Waals surface area contributed by atoms with E-state index in [0.29, 0.717) is 45.3 Å². The predicted octanol–water partition coefficient (Wildman–Crippen LogP) is 4.02. The Labute approximate surface area is 185 Å². The van der Waals surface area contributed by atoms with Gasteiger partial charge >= 0.3 is 0 Å². The Morgan fingerprint density at radius 1 is 1.13 bits per heavy atom. The van der Waals surface area contributed by atoms with Crippen LogP contribution in [0.25, 0.3) is 10.9 Å². The molecule has 1 aromatic heterocycles. The third kappa shape index (κ3) is 5.74. The number of benzene rings is 2. The minimum absolute atomic E-state index is 0.0434. The number of carbonyl (C=O) groups excluding carboxylic acids is 1. The Morgan fingerprint density at radius 2 is 1.94 bits per heavy atom. The van der Waals surface area contributed by atoms with Crippen molar-refractivity contribution in [1.82, 2.24) is 15.3 Å². The molecule has 0 aliphatic rings. The van der Waals surface area contributed by atoms with Gasteiger partial charge in [-0.25, -0.2) is 9.97 Å². The Kier molecular flexibility index (Phi) is 7.86. The number of aliphatic hydroxyl groups is 1. The van der Waals surface area contributed by atoms with E-state index >= 15 is 0 Å². The van der Waals surface area contributed by atoms with Gasteiger partial charge in [0.05, 0.1) is 23.9 Å². The molecule has 2 aromatic carbocycles. The van der Waals surface area contributed by atoms with Crippen LogP contribution in [0.1, 0.15) is 36.0 Å². The molecule has 0 atom stereocenters. The van der Waals surface area contributed by atoms with Gasteiger partial charge in [-0.3, -0.25) is 4.79 Å². The summed E-state index contributed by atoms with van der Waals surface area (Å²) in [6.07, 6.45) is 4.86. The molecule has 3 aromatic rings. The number of hydrogen-bond donors (Lipinski definition) is 4. The standard InChI is InChI=1S/C22H25ClN4O4/c1-31-20-12-17-16(11-19(20)29)21(26-13-25-17)27-18-10-14(23)6-7-15(18)22(30)24-8-4-2-3-5-9-28/h6-7,10-13,28-29H,2-5,8-9H2,1H3,(H,24,30)(H,25,26,27). The molecule has 0 spiro atoms. The number of carbonyl (C=O) groups is 1. The van der Waals surface area contributed by atoms with Gasteiger partial charge in [0, 0.05) is 29.6 Å². The number of anilines is 2. The summed E-state index contributed by atoms with van der Waals surface area (Å²) in [4.78, 5) is 21.2. The largest absolute Gasteiger partial charge is 0.504 e. The number of nitrogens with zero attached hydrogens (tertiary/aromatic N) is 2. The maximum atomic E-state index is 12.7. The van der Waals surface area contributed by atoms with Crippen molar-refractivity contribution in [2.75, 3.05) is 25.6 Å². The van der Waals surface area contributed by atoms with Crippen molar-refractivity contribution in [2.45, 2.75) is 25.7 Å². The first kappa shape index (κ1) is 22.6. The van der Waals surface area contributed by atoms with Crippen LogP contribution in [0.2, 0.25) is 5.02 Å². The summed E-state index contributed by atoms with van der Waals surface area (Å²) >= 11 is 6.16. The highest BCUT2D eigenvalue weighted by Gasteiger charge is 2.15. The van der Waals surface area contributed by atoms with Crippen molar-refractivity contribution in [2.24, 2.45) is 0 Å². The van der Waals surface area contributed by atoms with E-state index in [1.165, 1.54) is 19.5 Å². The molecule has 1 heterocycles. The number of aromatic nitrogens is 2. The summed E-state index contributed by atoms with van der Waals surface area (Å²) in [6.45, 7) is 0.727. The summed E-state index contributed by atoms with van der Waals surface area (Å²) < 4.78 is 5.13. The predicted molar refractivity (Wildman–Crippen MR) is 120 cm³/mol. The number of phenols is 1. The van der Waals surface area contributed by atoms with Crippen molar-refractivity contribution >= 4 is 39.9 Å². The van der Waals surface area contributed by atoms with Crippen LogP contribution in [-0.4, -0.2) is 46.3 Å². The molecule has 4 N–H and O–H groups in total. The lowest BCUT2D eigenvalue weighted by atomic mass is 10.1. The van der Waals surface area contributed by atoms with Gasteiger partial charge in [-0.2, -0.15) is 0 Å². The summed E-state index contributed by atoms with van der Waals surface area (Å²) in [7, 11) is 1.46. The number of unbranched alkanes of at least 4 members (excludes halogenated alkanes) is 3. The van der Waals surface area contributed by atoms with Crippen LogP contribution >= 0.6 is 11.6 Å². The third-order valence-corrected chi connectivity index (χ3v) is 5.02. The zero-order chi connectivity index (χ0) is 22.2. The Hall–Kier alpha value is -3.10. The van der Waals surface area contributed by atoms with Crippen LogP contribution < -0.4 is 15.4 Å². The number of nitrogens with one attached hydrogen (secondary N) is 2. The van der Waals surface area contributed by atoms with E-state index in [2.05, 4.69) is 20.6 Å². The number of fused-ring (bicyclic) bond motifs is 1. The molecule has 0 radical (unpaired) electrons. The second-order valence-corrected chi connectivity index (χ2v) is 7.41. The molecule has 0 saturated carbocycles. The van der Waals surface area contributed by atoms with Gasteiger partial charge in [0.15, 0.2) is 11.5 Å². The molecule has 0 aliphatic carbocycles. The summed E-state index contributed by atoms with van der Waals surface area (Å²) in [5.74, 6) is 0.449. The number of aliphatic hydroxyl groups excluding tert-OH is 1. The number of hydrogen-bond acceptors (Lipinski definition) is 7. The third-order valence-electron chi connectivity index (χ3n) is 4.79. The fraction of sp³-hybridized carbons (Fsp3) is 0.318. The lowest BCUT2D eigenvalue weighted by Crippen LogP contribution is -2.25. The zero-order valence-corrected chi connectivity index (χ0v) is 17.9. The van der Waals surface area contributed by atoms with E-state index in [4.69, 9.17) is 21.4 Å². The number of phenolic OH excluding ortho intramolecular Hbond substituents is 1. The molecule has 9 heteroatoms. The smallest absolute Gasteiger partial charge is 0.253 e. The quantitative estimate of drug-likeness (QED) is 0.349. The maximum Gasteiger partial charge on any atom is 0.253 e. The normalized spacial score (nSPS) is 10.8. The average Bonchev–Trinajstić information content (AvgIpc) is 2.76. The molecule has 1 amide bonds. The van der Waals surface area contributed by atoms with Crippen molar-refractivity contribution in [3.05, 3.63) is 47.2 Å². The zero-order valence-electron chi connectivity index (χ0n) is 17.2. The van der Waals surface area contributed by atoms with Gasteiger partial charge in [0.25, 0.3) is 5.91 Å². The van der Waals surface area contributed by atoms with Gasteiger partial charge < -0.3 is 25.6 Å². The minimum Gasteiger partial charge on any atom is -0.504 e. The minimum atomic E-state index is -0.232. The van der Waals surface area contributed by atoms with Crippen molar-refractivity contribution < 1.29 is 19.7 Å². The summed E-state index contributed by atoms with van der Waals surface area (Å²) in [5, 5.41) is 26.1. The highest BCUT2D eigenvalue weighted by molar-refractivity contribution is 6.31. The molecule has 3 rings (SSSR count). The lowest BCUT2D eigenvalue weighted by molar-refractivity contribution is 0.0953. The second kappa shape index (κ2) is 10.8. The van der Waals surface area contributed by atoms with Gasteiger partial charge in [0.1, 0.15) is 12.1 Å². The van der Waals surface area contributed by atoms with Crippen LogP contribution in [0.3, 0.4) is 0 Å². The van der Waals surface area contributed by atoms with E-state index in [1.54, 1.807) is 24.3 Å². The van der Waals surface area contributed by atoms with Crippen molar-refractivity contribution in [3.63, 3.8) is 0 Å². The van der Waals surface area contributed by atoms with Crippen molar-refractivity contribution in [1.29, 1.82) is 0 Å². The van der Waals surface area contributed by atoms with Gasteiger partial charge in [0.2, 0.25) is 0 Å². The molecule has 0 bridgehead atoms. The number of methoxy groups -OCH3 is 1. The van der Waals surface area contributed by atoms with Crippen LogP contribution in [0, 0.1) is 0 Å². The van der Waals surface area contributed by atoms with Crippen LogP contribution in [0.5, 0.6) is 11.5 Å². The molecule has 0 aliphatic heterocycles. The van der Waals surface area contributed by atoms with E-state index in [-0.39, 0.29) is 18.3 Å². The first-order valence-electron chi connectivity index (χ1n) is 10.0. The fourth-order valence-electron chi connectivity index (χ4n) is 3.17. The van der Waals surface area contributed by atoms with E-state index in [0.717, 1.165) is 25.7 Å². The lowest BCUT2D eigenvalue weighted by Gasteiger charge is -2.14. The van der Waals surface area contributed by atoms with E-state index in [1.807, 2.05) is 0 Å². The first-order chi connectivity index (χ1) is 15.0. The monoisotopic (exact) mass is 444 g/mol. The second-order valence-electron chi connectivity index (χ2n) is 6.97. The SMILES string of the molecule is COc1cc2ncnc(Nc3cc(Cl)ccc3C(=O)NCCCCCCO)c2cc1O. The highest BCUT2D eigenvalue weighted by Crippen LogP contribution is 2.34. The number of ether oxygens (including phenoxy) is 1. The molecule has 0 unspecified atom stereocenters. The van der Waals surface area contributed by atoms with E-state index in [9.17, 15) is 9.90 Å². The van der Waals surface area contributed by atoms with Gasteiger partial charge in [-0.1, -0.05) is 24.4 Å². The molecule has 0 fully saturated rings. The Morgan fingerprint density at radius 3 is 2.71 bits per heavy atom. The molecule has 31 heavy (non-hydrogen) atoms. The van der Waals surface area contributed by atoms with Crippen LogP contribution in [0.4, 0.5) is 11.5 Å². The Balaban J connectivity index is 1.81. The Bertz CT molecular complexity index is 1060. The van der Waals surface area contributed by atoms with Gasteiger partial charge in [-0.05, 0) is 37.1 Å². The number of halogens is 1. The molecular formula is C22H25ClN4O4. The fourth-order valence-corrected chi connectivity index (χ4v) is 3.34. The topological polar surface area (TPSA) is 117 Å². The summed E-state index contributed by atoms with van der Waals surface area (Å²) in [6, 6.07) is 8.06. The number of rotatable bonds is 10. The van der Waals surface area contributed by atoms with Crippen molar-refractivity contribution in [3.8, 4) is 11.5 Å². The summed E-state index contributed by atoms with van der Waals surface area (Å²) in [5.41, 5.74) is 1.48. The van der Waals surface area contributed by atoms with E-state index < -0.39 is 0 Å². The molecule has 8 nitrogen and oxygen atoms in total. The average molecular weight is 445 g/mol. The van der Waals surface area contributed by atoms with Crippen LogP contribution in [0.15, 0.2) is 36.7 Å². The maximum absolute atomic E-state index is 12.7. The molecular weight excluding hydrogens is 420 g/mol. The van der Waals surface area contributed by atoms with Gasteiger partial charge in [-0.15, -0.1) is 0 Å². The highest BCUT2D eigenvalue weighted by atomic mass is 35.5. The molecule has 0 saturated heterocycles. The van der Waals surface area contributed by atoms with Crippen LogP contribution in [-0.2, 0) is 0 Å². The number of aromatic hydroxyl groups is 1. The first-order valence-corrected chi connectivity index (χ1v) is 10.4. The molecule has 164 valence electrons.